The van der Waals surface area contributed by atoms with Gasteiger partial charge in [-0.3, -0.25) is 4.79 Å². The summed E-state index contributed by atoms with van der Waals surface area (Å²) in [6.45, 7) is 3.77. The van der Waals surface area contributed by atoms with E-state index in [0.29, 0.717) is 5.75 Å². The molecule has 1 N–H and O–H groups in total. The minimum atomic E-state index is -0.565. The molecular formula is C21H25NO3. The Labute approximate surface area is 149 Å². The van der Waals surface area contributed by atoms with Gasteiger partial charge in [0.2, 0.25) is 0 Å². The minimum Gasteiger partial charge on any atom is -0.497 e. The molecule has 0 aliphatic heterocycles. The lowest BCUT2D eigenvalue weighted by Gasteiger charge is -2.19. The molecule has 0 saturated heterocycles. The standard InChI is InChI=1S/C21H25NO3/c1-14(17-8-7-16-5-4-6-18(16)13-17)22-21(23)15(2)25-20-11-9-19(24-3)10-12-20/h7-15H,4-6H2,1-3H3,(H,22,23)/t14-,15+/m0/s1. The van der Waals surface area contributed by atoms with Gasteiger partial charge >= 0.3 is 0 Å². The Morgan fingerprint density at radius 3 is 2.40 bits per heavy atom. The molecule has 2 aromatic carbocycles. The highest BCUT2D eigenvalue weighted by Gasteiger charge is 2.19. The molecule has 0 saturated carbocycles. The number of methoxy groups -OCH3 is 1. The highest BCUT2D eigenvalue weighted by molar-refractivity contribution is 5.81. The predicted molar refractivity (Wildman–Crippen MR) is 98.1 cm³/mol. The fourth-order valence-corrected chi connectivity index (χ4v) is 3.19. The first-order chi connectivity index (χ1) is 12.1. The third kappa shape index (κ3) is 4.13. The molecular weight excluding hydrogens is 314 g/mol. The van der Waals surface area contributed by atoms with Gasteiger partial charge in [-0.05, 0) is 74.1 Å². The van der Waals surface area contributed by atoms with E-state index in [1.165, 1.54) is 24.0 Å². The summed E-state index contributed by atoms with van der Waals surface area (Å²) in [5.41, 5.74) is 4.00. The SMILES string of the molecule is COc1ccc(O[C@H](C)C(=O)N[C@@H](C)c2ccc3c(c2)CCC3)cc1. The molecule has 2 aromatic rings. The number of amides is 1. The summed E-state index contributed by atoms with van der Waals surface area (Å²) in [6.07, 6.45) is 2.97. The molecule has 0 aromatic heterocycles. The van der Waals surface area contributed by atoms with E-state index in [2.05, 4.69) is 23.5 Å². The number of fused-ring (bicyclic) bond motifs is 1. The molecule has 4 heteroatoms. The van der Waals surface area contributed by atoms with Crippen molar-refractivity contribution >= 4 is 5.91 Å². The van der Waals surface area contributed by atoms with Gasteiger partial charge in [0.15, 0.2) is 6.10 Å². The van der Waals surface area contributed by atoms with Gasteiger partial charge in [0.1, 0.15) is 11.5 Å². The quantitative estimate of drug-likeness (QED) is 0.870. The number of benzene rings is 2. The lowest BCUT2D eigenvalue weighted by atomic mass is 10.0. The maximum absolute atomic E-state index is 12.4. The van der Waals surface area contributed by atoms with Crippen LogP contribution >= 0.6 is 0 Å². The maximum Gasteiger partial charge on any atom is 0.261 e. The molecule has 0 unspecified atom stereocenters. The van der Waals surface area contributed by atoms with E-state index in [0.717, 1.165) is 17.7 Å². The maximum atomic E-state index is 12.4. The van der Waals surface area contributed by atoms with Gasteiger partial charge < -0.3 is 14.8 Å². The lowest BCUT2D eigenvalue weighted by molar-refractivity contribution is -0.127. The summed E-state index contributed by atoms with van der Waals surface area (Å²) in [7, 11) is 1.62. The highest BCUT2D eigenvalue weighted by Crippen LogP contribution is 2.25. The second-order valence-electron chi connectivity index (χ2n) is 6.55. The van der Waals surface area contributed by atoms with Crippen molar-refractivity contribution in [3.63, 3.8) is 0 Å². The van der Waals surface area contributed by atoms with Gasteiger partial charge in [-0.2, -0.15) is 0 Å². The normalized spacial score (nSPS) is 15.2. The molecule has 25 heavy (non-hydrogen) atoms. The van der Waals surface area contributed by atoms with E-state index < -0.39 is 6.10 Å². The number of carbonyl (C=O) groups excluding carboxylic acids is 1. The zero-order valence-electron chi connectivity index (χ0n) is 15.0. The second-order valence-corrected chi connectivity index (χ2v) is 6.55. The molecule has 1 aliphatic carbocycles. The van der Waals surface area contributed by atoms with Gasteiger partial charge in [-0.15, -0.1) is 0 Å². The number of hydrogen-bond acceptors (Lipinski definition) is 3. The molecule has 0 spiro atoms. The molecule has 1 aliphatic rings. The number of ether oxygens (including phenoxy) is 2. The van der Waals surface area contributed by atoms with E-state index in [1.54, 1.807) is 26.2 Å². The number of nitrogens with one attached hydrogen (secondary N) is 1. The van der Waals surface area contributed by atoms with E-state index >= 15 is 0 Å². The van der Waals surface area contributed by atoms with Crippen LogP contribution in [0.15, 0.2) is 42.5 Å². The zero-order valence-corrected chi connectivity index (χ0v) is 15.0. The van der Waals surface area contributed by atoms with Crippen molar-refractivity contribution in [3.8, 4) is 11.5 Å². The van der Waals surface area contributed by atoms with Crippen LogP contribution < -0.4 is 14.8 Å². The number of carbonyl (C=O) groups is 1. The van der Waals surface area contributed by atoms with Crippen LogP contribution in [0.3, 0.4) is 0 Å². The Hall–Kier alpha value is -2.49. The van der Waals surface area contributed by atoms with Crippen molar-refractivity contribution in [2.75, 3.05) is 7.11 Å². The van der Waals surface area contributed by atoms with Gasteiger partial charge in [-0.1, -0.05) is 18.2 Å². The Morgan fingerprint density at radius 1 is 1.00 bits per heavy atom. The summed E-state index contributed by atoms with van der Waals surface area (Å²) < 4.78 is 10.8. The van der Waals surface area contributed by atoms with Gasteiger partial charge in [-0.25, -0.2) is 0 Å². The zero-order chi connectivity index (χ0) is 17.8. The topological polar surface area (TPSA) is 47.6 Å². The van der Waals surface area contributed by atoms with Gasteiger partial charge in [0.05, 0.1) is 13.2 Å². The smallest absolute Gasteiger partial charge is 0.261 e. The first kappa shape index (κ1) is 17.3. The minimum absolute atomic E-state index is 0.0414. The first-order valence-corrected chi connectivity index (χ1v) is 8.79. The third-order valence-corrected chi connectivity index (χ3v) is 4.72. The molecule has 4 nitrogen and oxygen atoms in total. The van der Waals surface area contributed by atoms with Crippen LogP contribution in [0.2, 0.25) is 0 Å². The van der Waals surface area contributed by atoms with Gasteiger partial charge in [0.25, 0.3) is 5.91 Å². The van der Waals surface area contributed by atoms with E-state index in [1.807, 2.05) is 19.1 Å². The fraction of sp³-hybridized carbons (Fsp3) is 0.381. The fourth-order valence-electron chi connectivity index (χ4n) is 3.19. The molecule has 0 bridgehead atoms. The molecule has 0 fully saturated rings. The van der Waals surface area contributed by atoms with Crippen LogP contribution in [0.4, 0.5) is 0 Å². The van der Waals surface area contributed by atoms with Crippen LogP contribution in [0, 0.1) is 0 Å². The van der Waals surface area contributed by atoms with Crippen molar-refractivity contribution in [2.24, 2.45) is 0 Å². The largest absolute Gasteiger partial charge is 0.497 e. The molecule has 132 valence electrons. The van der Waals surface area contributed by atoms with E-state index in [4.69, 9.17) is 9.47 Å². The number of aryl methyl sites for hydroxylation is 2. The molecule has 3 rings (SSSR count). The van der Waals surface area contributed by atoms with Crippen LogP contribution in [-0.2, 0) is 17.6 Å². The van der Waals surface area contributed by atoms with Crippen molar-refractivity contribution in [2.45, 2.75) is 45.3 Å². The lowest BCUT2D eigenvalue weighted by Crippen LogP contribution is -2.37. The summed E-state index contributed by atoms with van der Waals surface area (Å²) in [5, 5.41) is 3.04. The van der Waals surface area contributed by atoms with Crippen LogP contribution in [0.1, 0.15) is 43.0 Å². The van der Waals surface area contributed by atoms with Crippen molar-refractivity contribution in [1.29, 1.82) is 0 Å². The number of rotatable bonds is 6. The molecule has 2 atom stereocenters. The van der Waals surface area contributed by atoms with Crippen LogP contribution in [0.5, 0.6) is 11.5 Å². The van der Waals surface area contributed by atoms with E-state index in [-0.39, 0.29) is 11.9 Å². The summed E-state index contributed by atoms with van der Waals surface area (Å²) in [4.78, 5) is 12.4. The molecule has 1 amide bonds. The summed E-state index contributed by atoms with van der Waals surface area (Å²) in [6, 6.07) is 13.7. The van der Waals surface area contributed by atoms with Crippen molar-refractivity contribution in [1.82, 2.24) is 5.32 Å². The van der Waals surface area contributed by atoms with Crippen LogP contribution in [-0.4, -0.2) is 19.1 Å². The van der Waals surface area contributed by atoms with Gasteiger partial charge in [0, 0.05) is 0 Å². The average Bonchev–Trinajstić information content (AvgIpc) is 3.09. The Morgan fingerprint density at radius 2 is 1.68 bits per heavy atom. The van der Waals surface area contributed by atoms with Crippen molar-refractivity contribution in [3.05, 3.63) is 59.2 Å². The summed E-state index contributed by atoms with van der Waals surface area (Å²) in [5.74, 6) is 1.28. The molecule has 0 radical (unpaired) electrons. The third-order valence-electron chi connectivity index (χ3n) is 4.72. The van der Waals surface area contributed by atoms with Crippen LogP contribution in [0.25, 0.3) is 0 Å². The summed E-state index contributed by atoms with van der Waals surface area (Å²) >= 11 is 0. The predicted octanol–water partition coefficient (Wildman–Crippen LogP) is 3.83. The second kappa shape index (κ2) is 7.60. The Bertz CT molecular complexity index is 739. The van der Waals surface area contributed by atoms with E-state index in [9.17, 15) is 4.79 Å². The highest BCUT2D eigenvalue weighted by atomic mass is 16.5. The number of hydrogen-bond donors (Lipinski definition) is 1. The average molecular weight is 339 g/mol. The monoisotopic (exact) mass is 339 g/mol. The Balaban J connectivity index is 1.58. The Kier molecular flexibility index (Phi) is 5.27. The molecule has 0 heterocycles. The van der Waals surface area contributed by atoms with Crippen molar-refractivity contribution < 1.29 is 14.3 Å². The first-order valence-electron chi connectivity index (χ1n) is 8.79.